The SMILES string of the molecule is CCCNCc1nnc(NCCC(C)C)o1. The predicted octanol–water partition coefficient (Wildman–Crippen LogP) is 2.03. The molecule has 5 nitrogen and oxygen atoms in total. The quantitative estimate of drug-likeness (QED) is 0.664. The Bertz CT molecular complexity index is 285. The summed E-state index contributed by atoms with van der Waals surface area (Å²) in [4.78, 5) is 0. The highest BCUT2D eigenvalue weighted by Gasteiger charge is 2.04. The molecule has 2 N–H and O–H groups in total. The highest BCUT2D eigenvalue weighted by Crippen LogP contribution is 2.06. The third-order valence-electron chi connectivity index (χ3n) is 2.17. The van der Waals surface area contributed by atoms with E-state index < -0.39 is 0 Å². The topological polar surface area (TPSA) is 63.0 Å². The number of anilines is 1. The van der Waals surface area contributed by atoms with Crippen molar-refractivity contribution < 1.29 is 4.42 Å². The Hall–Kier alpha value is -1.10. The van der Waals surface area contributed by atoms with Crippen LogP contribution in [-0.4, -0.2) is 23.3 Å². The molecule has 16 heavy (non-hydrogen) atoms. The Morgan fingerprint density at radius 2 is 2.06 bits per heavy atom. The third kappa shape index (κ3) is 5.11. The highest BCUT2D eigenvalue weighted by atomic mass is 16.4. The zero-order valence-corrected chi connectivity index (χ0v) is 10.4. The maximum Gasteiger partial charge on any atom is 0.315 e. The second-order valence-corrected chi connectivity index (χ2v) is 4.29. The molecule has 0 saturated carbocycles. The Kier molecular flexibility index (Phi) is 5.85. The molecule has 0 aromatic carbocycles. The van der Waals surface area contributed by atoms with Gasteiger partial charge in [-0.1, -0.05) is 25.9 Å². The third-order valence-corrected chi connectivity index (χ3v) is 2.17. The molecule has 0 bridgehead atoms. The van der Waals surface area contributed by atoms with Gasteiger partial charge >= 0.3 is 6.01 Å². The molecule has 0 amide bonds. The smallest absolute Gasteiger partial charge is 0.315 e. The molecule has 0 aliphatic heterocycles. The first-order chi connectivity index (χ1) is 7.72. The molecule has 1 heterocycles. The number of nitrogens with one attached hydrogen (secondary N) is 2. The van der Waals surface area contributed by atoms with E-state index >= 15 is 0 Å². The number of rotatable bonds is 8. The van der Waals surface area contributed by atoms with Gasteiger partial charge in [0, 0.05) is 6.54 Å². The molecule has 0 fully saturated rings. The van der Waals surface area contributed by atoms with Gasteiger partial charge in [-0.15, -0.1) is 5.10 Å². The standard InChI is InChI=1S/C11H22N4O/c1-4-6-12-8-10-14-15-11(16-10)13-7-5-9(2)3/h9,12H,4-8H2,1-3H3,(H,13,15). The van der Waals surface area contributed by atoms with Crippen LogP contribution in [0.1, 0.15) is 39.5 Å². The van der Waals surface area contributed by atoms with Crippen molar-refractivity contribution in [2.24, 2.45) is 5.92 Å². The molecule has 1 rings (SSSR count). The molecular weight excluding hydrogens is 204 g/mol. The molecular formula is C11H22N4O. The van der Waals surface area contributed by atoms with E-state index in [9.17, 15) is 0 Å². The van der Waals surface area contributed by atoms with Gasteiger partial charge in [0.25, 0.3) is 0 Å². The zero-order chi connectivity index (χ0) is 11.8. The summed E-state index contributed by atoms with van der Waals surface area (Å²) in [6, 6.07) is 0.522. The molecule has 0 saturated heterocycles. The van der Waals surface area contributed by atoms with E-state index in [1.165, 1.54) is 0 Å². The van der Waals surface area contributed by atoms with Crippen LogP contribution in [-0.2, 0) is 6.54 Å². The van der Waals surface area contributed by atoms with Crippen molar-refractivity contribution in [3.8, 4) is 0 Å². The molecule has 0 aliphatic rings. The van der Waals surface area contributed by atoms with Gasteiger partial charge in [0.05, 0.1) is 6.54 Å². The Labute approximate surface area is 97.0 Å². The molecule has 5 heteroatoms. The van der Waals surface area contributed by atoms with Crippen molar-refractivity contribution in [1.82, 2.24) is 15.5 Å². The minimum absolute atomic E-state index is 0.522. The summed E-state index contributed by atoms with van der Waals surface area (Å²) in [5, 5.41) is 14.2. The molecule has 0 radical (unpaired) electrons. The molecule has 1 aromatic heterocycles. The molecule has 0 spiro atoms. The zero-order valence-electron chi connectivity index (χ0n) is 10.4. The van der Waals surface area contributed by atoms with Gasteiger partial charge in [-0.05, 0) is 25.3 Å². The minimum atomic E-state index is 0.522. The van der Waals surface area contributed by atoms with Crippen LogP contribution in [0.4, 0.5) is 6.01 Å². The molecule has 92 valence electrons. The fourth-order valence-corrected chi connectivity index (χ4v) is 1.24. The average molecular weight is 226 g/mol. The van der Waals surface area contributed by atoms with Crippen molar-refractivity contribution in [2.45, 2.75) is 40.2 Å². The van der Waals surface area contributed by atoms with Gasteiger partial charge in [-0.25, -0.2) is 0 Å². The summed E-state index contributed by atoms with van der Waals surface area (Å²) in [5.74, 6) is 1.32. The lowest BCUT2D eigenvalue weighted by atomic mass is 10.1. The molecule has 0 aliphatic carbocycles. The summed E-state index contributed by atoms with van der Waals surface area (Å²) in [6.07, 6.45) is 2.21. The first-order valence-electron chi connectivity index (χ1n) is 5.99. The first-order valence-corrected chi connectivity index (χ1v) is 5.99. The lowest BCUT2D eigenvalue weighted by Gasteiger charge is -2.03. The number of hydrogen-bond donors (Lipinski definition) is 2. The predicted molar refractivity (Wildman–Crippen MR) is 64.2 cm³/mol. The summed E-state index contributed by atoms with van der Waals surface area (Å²) >= 11 is 0. The molecule has 0 unspecified atom stereocenters. The molecule has 0 atom stereocenters. The Morgan fingerprint density at radius 1 is 1.25 bits per heavy atom. The molecule has 1 aromatic rings. The van der Waals surface area contributed by atoms with Crippen LogP contribution in [0.3, 0.4) is 0 Å². The van der Waals surface area contributed by atoms with E-state index in [4.69, 9.17) is 4.42 Å². The summed E-state index contributed by atoms with van der Waals surface area (Å²) in [6.45, 7) is 9.00. The van der Waals surface area contributed by atoms with Crippen LogP contribution in [0.2, 0.25) is 0 Å². The Balaban J connectivity index is 2.22. The largest absolute Gasteiger partial charge is 0.407 e. The van der Waals surface area contributed by atoms with Gasteiger partial charge < -0.3 is 15.1 Å². The maximum atomic E-state index is 5.42. The van der Waals surface area contributed by atoms with Gasteiger partial charge in [0.2, 0.25) is 5.89 Å². The second-order valence-electron chi connectivity index (χ2n) is 4.29. The lowest BCUT2D eigenvalue weighted by Crippen LogP contribution is -2.13. The second kappa shape index (κ2) is 7.22. The van der Waals surface area contributed by atoms with E-state index in [-0.39, 0.29) is 0 Å². The van der Waals surface area contributed by atoms with Crippen molar-refractivity contribution >= 4 is 6.01 Å². The summed E-state index contributed by atoms with van der Waals surface area (Å²) in [5.41, 5.74) is 0. The van der Waals surface area contributed by atoms with Crippen LogP contribution < -0.4 is 10.6 Å². The van der Waals surface area contributed by atoms with Crippen LogP contribution in [0, 0.1) is 5.92 Å². The van der Waals surface area contributed by atoms with E-state index in [2.05, 4.69) is 41.6 Å². The van der Waals surface area contributed by atoms with Crippen LogP contribution in [0.5, 0.6) is 0 Å². The number of nitrogens with zero attached hydrogens (tertiary/aromatic N) is 2. The van der Waals surface area contributed by atoms with Crippen molar-refractivity contribution in [3.05, 3.63) is 5.89 Å². The van der Waals surface area contributed by atoms with Crippen molar-refractivity contribution in [3.63, 3.8) is 0 Å². The fraction of sp³-hybridized carbons (Fsp3) is 0.818. The average Bonchev–Trinajstić information content (AvgIpc) is 2.66. The van der Waals surface area contributed by atoms with Gasteiger partial charge in [0.1, 0.15) is 0 Å². The maximum absolute atomic E-state index is 5.42. The van der Waals surface area contributed by atoms with Crippen molar-refractivity contribution in [2.75, 3.05) is 18.4 Å². The normalized spacial score (nSPS) is 11.0. The summed E-state index contributed by atoms with van der Waals surface area (Å²) in [7, 11) is 0. The Morgan fingerprint density at radius 3 is 2.75 bits per heavy atom. The van der Waals surface area contributed by atoms with Crippen LogP contribution >= 0.6 is 0 Å². The minimum Gasteiger partial charge on any atom is -0.407 e. The highest BCUT2D eigenvalue weighted by molar-refractivity contribution is 5.16. The van der Waals surface area contributed by atoms with E-state index in [0.717, 1.165) is 25.9 Å². The first kappa shape index (κ1) is 13.0. The van der Waals surface area contributed by atoms with Crippen LogP contribution in [0.25, 0.3) is 0 Å². The van der Waals surface area contributed by atoms with E-state index in [1.807, 2.05) is 0 Å². The van der Waals surface area contributed by atoms with Gasteiger partial charge in [0.15, 0.2) is 0 Å². The number of aromatic nitrogens is 2. The lowest BCUT2D eigenvalue weighted by molar-refractivity contribution is 0.475. The number of hydrogen-bond acceptors (Lipinski definition) is 5. The van der Waals surface area contributed by atoms with E-state index in [1.54, 1.807) is 0 Å². The van der Waals surface area contributed by atoms with Gasteiger partial charge in [-0.3, -0.25) is 0 Å². The van der Waals surface area contributed by atoms with Crippen molar-refractivity contribution in [1.29, 1.82) is 0 Å². The fourth-order valence-electron chi connectivity index (χ4n) is 1.24. The van der Waals surface area contributed by atoms with E-state index in [0.29, 0.717) is 24.4 Å². The van der Waals surface area contributed by atoms with Crippen LogP contribution in [0.15, 0.2) is 4.42 Å². The van der Waals surface area contributed by atoms with Gasteiger partial charge in [-0.2, -0.15) is 0 Å². The summed E-state index contributed by atoms with van der Waals surface area (Å²) < 4.78 is 5.42. The monoisotopic (exact) mass is 226 g/mol.